The number of rotatable bonds is 5. The number of aromatic nitrogens is 1. The summed E-state index contributed by atoms with van der Waals surface area (Å²) in [5.41, 5.74) is 5.95. The number of nitrogens with one attached hydrogen (secondary N) is 1. The highest BCUT2D eigenvalue weighted by Crippen LogP contribution is 2.31. The van der Waals surface area contributed by atoms with Gasteiger partial charge in [0, 0.05) is 34.0 Å². The smallest absolute Gasteiger partial charge is 0.265 e. The zero-order valence-electron chi connectivity index (χ0n) is 18.2. The van der Waals surface area contributed by atoms with Gasteiger partial charge in [-0.3, -0.25) is 4.79 Å². The number of carbonyl (C=O) groups excluding carboxylic acids is 1. The SMILES string of the molecule is CCn1c2ccccc2c2cc(NC(=O)C(C)Oc3ccc4c(c3)CCCC4)ccc21. The fourth-order valence-corrected chi connectivity index (χ4v) is 4.76. The molecule has 1 unspecified atom stereocenters. The summed E-state index contributed by atoms with van der Waals surface area (Å²) in [6, 6.07) is 20.8. The lowest BCUT2D eigenvalue weighted by Gasteiger charge is -2.19. The molecule has 4 aromatic rings. The molecule has 1 heterocycles. The van der Waals surface area contributed by atoms with E-state index in [9.17, 15) is 4.79 Å². The van der Waals surface area contributed by atoms with E-state index in [4.69, 9.17) is 4.74 Å². The van der Waals surface area contributed by atoms with Crippen LogP contribution in [0.3, 0.4) is 0 Å². The molecule has 31 heavy (non-hydrogen) atoms. The summed E-state index contributed by atoms with van der Waals surface area (Å²) in [5.74, 6) is 0.626. The van der Waals surface area contributed by atoms with Gasteiger partial charge in [0.25, 0.3) is 5.91 Å². The van der Waals surface area contributed by atoms with Gasteiger partial charge < -0.3 is 14.6 Å². The molecular formula is C27H28N2O2. The Bertz CT molecular complexity index is 1270. The molecule has 1 N–H and O–H groups in total. The molecule has 4 heteroatoms. The van der Waals surface area contributed by atoms with E-state index < -0.39 is 6.10 Å². The average Bonchev–Trinajstić information content (AvgIpc) is 3.12. The normalized spacial score (nSPS) is 14.4. The van der Waals surface area contributed by atoms with Gasteiger partial charge >= 0.3 is 0 Å². The van der Waals surface area contributed by atoms with Crippen LogP contribution < -0.4 is 10.1 Å². The second-order valence-corrected chi connectivity index (χ2v) is 8.38. The molecule has 0 aliphatic heterocycles. The van der Waals surface area contributed by atoms with Crippen molar-refractivity contribution in [2.24, 2.45) is 0 Å². The van der Waals surface area contributed by atoms with Crippen molar-refractivity contribution in [3.05, 3.63) is 71.8 Å². The Kier molecular flexibility index (Phi) is 5.14. The van der Waals surface area contributed by atoms with Crippen molar-refractivity contribution in [3.63, 3.8) is 0 Å². The number of hydrogen-bond acceptors (Lipinski definition) is 2. The Morgan fingerprint density at radius 1 is 0.968 bits per heavy atom. The minimum Gasteiger partial charge on any atom is -0.481 e. The molecule has 0 spiro atoms. The van der Waals surface area contributed by atoms with Crippen molar-refractivity contribution >= 4 is 33.4 Å². The van der Waals surface area contributed by atoms with E-state index in [1.54, 1.807) is 6.92 Å². The molecule has 1 atom stereocenters. The second-order valence-electron chi connectivity index (χ2n) is 8.38. The van der Waals surface area contributed by atoms with Crippen molar-refractivity contribution in [1.29, 1.82) is 0 Å². The zero-order valence-corrected chi connectivity index (χ0v) is 18.2. The number of nitrogens with zero attached hydrogens (tertiary/aromatic N) is 1. The van der Waals surface area contributed by atoms with Gasteiger partial charge in [0.2, 0.25) is 0 Å². The Morgan fingerprint density at radius 2 is 1.74 bits per heavy atom. The van der Waals surface area contributed by atoms with Gasteiger partial charge in [-0.2, -0.15) is 0 Å². The number of benzene rings is 3. The van der Waals surface area contributed by atoms with Crippen LogP contribution in [0, 0.1) is 0 Å². The van der Waals surface area contributed by atoms with Crippen LogP contribution in [0.1, 0.15) is 37.8 Å². The van der Waals surface area contributed by atoms with Crippen molar-refractivity contribution in [2.75, 3.05) is 5.32 Å². The van der Waals surface area contributed by atoms with Crippen molar-refractivity contribution in [2.45, 2.75) is 52.2 Å². The van der Waals surface area contributed by atoms with Crippen LogP contribution in [-0.2, 0) is 24.2 Å². The van der Waals surface area contributed by atoms with Gasteiger partial charge in [-0.25, -0.2) is 0 Å². The molecule has 1 aromatic heterocycles. The van der Waals surface area contributed by atoms with Gasteiger partial charge in [-0.05, 0) is 87.1 Å². The maximum Gasteiger partial charge on any atom is 0.265 e. The first-order valence-corrected chi connectivity index (χ1v) is 11.2. The lowest BCUT2D eigenvalue weighted by atomic mass is 9.92. The number of amides is 1. The number of anilines is 1. The third-order valence-corrected chi connectivity index (χ3v) is 6.36. The van der Waals surface area contributed by atoms with Gasteiger partial charge in [0.1, 0.15) is 5.75 Å². The summed E-state index contributed by atoms with van der Waals surface area (Å²) in [6.07, 6.45) is 4.15. The summed E-state index contributed by atoms with van der Waals surface area (Å²) >= 11 is 0. The van der Waals surface area contributed by atoms with Crippen LogP contribution in [0.5, 0.6) is 5.75 Å². The first-order valence-electron chi connectivity index (χ1n) is 11.2. The summed E-state index contributed by atoms with van der Waals surface area (Å²) < 4.78 is 8.28. The lowest BCUT2D eigenvalue weighted by molar-refractivity contribution is -0.122. The topological polar surface area (TPSA) is 43.3 Å². The molecule has 158 valence electrons. The van der Waals surface area contributed by atoms with Gasteiger partial charge in [0.05, 0.1) is 0 Å². The number of ether oxygens (including phenoxy) is 1. The molecule has 0 fully saturated rings. The second kappa shape index (κ2) is 8.10. The van der Waals surface area contributed by atoms with Crippen LogP contribution in [0.4, 0.5) is 5.69 Å². The third-order valence-electron chi connectivity index (χ3n) is 6.36. The quantitative estimate of drug-likeness (QED) is 0.430. The van der Waals surface area contributed by atoms with Crippen LogP contribution in [0.25, 0.3) is 21.8 Å². The monoisotopic (exact) mass is 412 g/mol. The maximum absolute atomic E-state index is 12.8. The van der Waals surface area contributed by atoms with E-state index in [1.807, 2.05) is 12.1 Å². The van der Waals surface area contributed by atoms with Gasteiger partial charge in [0.15, 0.2) is 6.10 Å². The maximum atomic E-state index is 12.8. The van der Waals surface area contributed by atoms with E-state index in [-0.39, 0.29) is 5.91 Å². The van der Waals surface area contributed by atoms with E-state index in [2.05, 4.69) is 65.3 Å². The van der Waals surface area contributed by atoms with Gasteiger partial charge in [-0.1, -0.05) is 24.3 Å². The molecular weight excluding hydrogens is 384 g/mol. The van der Waals surface area contributed by atoms with Crippen molar-refractivity contribution in [3.8, 4) is 5.75 Å². The van der Waals surface area contributed by atoms with E-state index in [1.165, 1.54) is 40.4 Å². The molecule has 0 bridgehead atoms. The van der Waals surface area contributed by atoms with E-state index in [0.29, 0.717) is 0 Å². The minimum absolute atomic E-state index is 0.142. The Labute approximate surface area is 182 Å². The number of aryl methyl sites for hydroxylation is 3. The predicted molar refractivity (Wildman–Crippen MR) is 127 cm³/mol. The molecule has 3 aromatic carbocycles. The first-order chi connectivity index (χ1) is 15.1. The standard InChI is InChI=1S/C27H28N2O2/c1-3-29-25-11-7-6-10-23(25)24-17-21(13-15-26(24)29)28-27(30)18(2)31-22-14-12-19-8-4-5-9-20(19)16-22/h6-7,10-18H,3-5,8-9H2,1-2H3,(H,28,30). The van der Waals surface area contributed by atoms with E-state index in [0.717, 1.165) is 36.2 Å². The highest BCUT2D eigenvalue weighted by atomic mass is 16.5. The Balaban J connectivity index is 1.35. The number of fused-ring (bicyclic) bond motifs is 4. The average molecular weight is 413 g/mol. The predicted octanol–water partition coefficient (Wildman–Crippen LogP) is 6.10. The molecule has 1 amide bonds. The van der Waals surface area contributed by atoms with E-state index >= 15 is 0 Å². The number of hydrogen-bond donors (Lipinski definition) is 1. The van der Waals surface area contributed by atoms with Crippen LogP contribution in [0.15, 0.2) is 60.7 Å². The highest BCUT2D eigenvalue weighted by molar-refractivity contribution is 6.10. The summed E-state index contributed by atoms with van der Waals surface area (Å²) in [4.78, 5) is 12.8. The molecule has 5 rings (SSSR count). The Hall–Kier alpha value is -3.27. The number of para-hydroxylation sites is 1. The summed E-state index contributed by atoms with van der Waals surface area (Å²) in [5, 5.41) is 5.39. The molecule has 1 aliphatic carbocycles. The summed E-state index contributed by atoms with van der Waals surface area (Å²) in [6.45, 7) is 4.86. The molecule has 0 radical (unpaired) electrons. The third kappa shape index (κ3) is 3.67. The Morgan fingerprint density at radius 3 is 2.58 bits per heavy atom. The first kappa shape index (κ1) is 19.7. The van der Waals surface area contributed by atoms with Crippen LogP contribution in [0.2, 0.25) is 0 Å². The molecule has 4 nitrogen and oxygen atoms in total. The van der Waals surface area contributed by atoms with Crippen molar-refractivity contribution in [1.82, 2.24) is 4.57 Å². The van der Waals surface area contributed by atoms with Crippen molar-refractivity contribution < 1.29 is 9.53 Å². The fourth-order valence-electron chi connectivity index (χ4n) is 4.76. The van der Waals surface area contributed by atoms with Crippen LogP contribution in [-0.4, -0.2) is 16.6 Å². The van der Waals surface area contributed by atoms with Crippen LogP contribution >= 0.6 is 0 Å². The number of carbonyl (C=O) groups is 1. The molecule has 1 aliphatic rings. The molecule has 0 saturated heterocycles. The fraction of sp³-hybridized carbons (Fsp3) is 0.296. The summed E-state index contributed by atoms with van der Waals surface area (Å²) in [7, 11) is 0. The highest BCUT2D eigenvalue weighted by Gasteiger charge is 2.18. The molecule has 0 saturated carbocycles. The largest absolute Gasteiger partial charge is 0.481 e. The zero-order chi connectivity index (χ0) is 21.4. The lowest BCUT2D eigenvalue weighted by Crippen LogP contribution is -2.30. The van der Waals surface area contributed by atoms with Gasteiger partial charge in [-0.15, -0.1) is 0 Å². The minimum atomic E-state index is -0.575.